The molecule has 0 unspecified atom stereocenters. The number of anilines is 1. The van der Waals surface area contributed by atoms with Crippen LogP contribution in [0.4, 0.5) is 5.69 Å². The molecule has 1 fully saturated rings. The van der Waals surface area contributed by atoms with Crippen molar-refractivity contribution in [2.45, 2.75) is 46.2 Å². The van der Waals surface area contributed by atoms with Crippen molar-refractivity contribution < 1.29 is 0 Å². The van der Waals surface area contributed by atoms with Crippen molar-refractivity contribution in [2.75, 3.05) is 44.7 Å². The van der Waals surface area contributed by atoms with Crippen LogP contribution in [0.2, 0.25) is 0 Å². The fraction of sp³-hybridized carbons (Fsp3) is 0.684. The van der Waals surface area contributed by atoms with Gasteiger partial charge in [-0.15, -0.1) is 0 Å². The Kier molecular flexibility index (Phi) is 6.71. The molecule has 1 aliphatic rings. The Bertz CT molecular complexity index is 419. The molecule has 124 valence electrons. The summed E-state index contributed by atoms with van der Waals surface area (Å²) in [6.45, 7) is 13.7. The van der Waals surface area contributed by atoms with Crippen LogP contribution in [-0.2, 0) is 6.54 Å². The lowest BCUT2D eigenvalue weighted by Crippen LogP contribution is -2.48. The van der Waals surface area contributed by atoms with Crippen molar-refractivity contribution in [3.63, 3.8) is 0 Å². The molecule has 0 spiro atoms. The number of hydrogen-bond acceptors (Lipinski definition) is 3. The second-order valence-electron chi connectivity index (χ2n) is 6.87. The van der Waals surface area contributed by atoms with Crippen LogP contribution < -0.4 is 4.90 Å². The summed E-state index contributed by atoms with van der Waals surface area (Å²) in [5, 5.41) is 0. The van der Waals surface area contributed by atoms with Gasteiger partial charge in [0, 0.05) is 44.5 Å². The third kappa shape index (κ3) is 4.99. The minimum atomic E-state index is 0.670. The molecule has 0 radical (unpaired) electrons. The maximum atomic E-state index is 2.56. The van der Waals surface area contributed by atoms with Gasteiger partial charge in [0.05, 0.1) is 0 Å². The van der Waals surface area contributed by atoms with Crippen LogP contribution in [0.1, 0.15) is 39.2 Å². The Morgan fingerprint density at radius 2 is 1.68 bits per heavy atom. The molecule has 3 heteroatoms. The summed E-state index contributed by atoms with van der Waals surface area (Å²) in [5.74, 6) is 0. The average Bonchev–Trinajstić information content (AvgIpc) is 2.54. The van der Waals surface area contributed by atoms with E-state index in [0.29, 0.717) is 6.04 Å². The Hall–Kier alpha value is -1.06. The summed E-state index contributed by atoms with van der Waals surface area (Å²) in [4.78, 5) is 7.50. The minimum Gasteiger partial charge on any atom is -0.369 e. The van der Waals surface area contributed by atoms with Crippen molar-refractivity contribution >= 4 is 5.69 Å². The molecule has 1 aliphatic heterocycles. The van der Waals surface area contributed by atoms with Crippen LogP contribution in [0, 0.1) is 0 Å². The van der Waals surface area contributed by atoms with Crippen molar-refractivity contribution in [1.29, 1.82) is 0 Å². The highest BCUT2D eigenvalue weighted by atomic mass is 15.3. The van der Waals surface area contributed by atoms with Gasteiger partial charge in [0.15, 0.2) is 0 Å². The van der Waals surface area contributed by atoms with Crippen LogP contribution in [0.25, 0.3) is 0 Å². The maximum Gasteiger partial charge on any atom is 0.0367 e. The third-order valence-corrected chi connectivity index (χ3v) is 4.69. The number of piperazine rings is 1. The quantitative estimate of drug-likeness (QED) is 0.764. The molecule has 22 heavy (non-hydrogen) atoms. The Balaban J connectivity index is 1.84. The number of benzene rings is 1. The van der Waals surface area contributed by atoms with Crippen LogP contribution >= 0.6 is 0 Å². The Morgan fingerprint density at radius 1 is 1.05 bits per heavy atom. The first-order valence-corrected chi connectivity index (χ1v) is 8.86. The van der Waals surface area contributed by atoms with Crippen LogP contribution in [0.5, 0.6) is 0 Å². The number of unbranched alkanes of at least 4 members (excludes halogenated alkanes) is 1. The van der Waals surface area contributed by atoms with Gasteiger partial charge in [-0.1, -0.05) is 25.5 Å². The first-order chi connectivity index (χ1) is 10.6. The first kappa shape index (κ1) is 17.3. The molecular formula is C19H33N3. The van der Waals surface area contributed by atoms with Gasteiger partial charge in [-0.2, -0.15) is 0 Å². The maximum absolute atomic E-state index is 2.56. The molecule has 1 aromatic carbocycles. The minimum absolute atomic E-state index is 0.670. The average molecular weight is 303 g/mol. The molecule has 0 aromatic heterocycles. The largest absolute Gasteiger partial charge is 0.369 e. The van der Waals surface area contributed by atoms with Crippen LogP contribution in [0.15, 0.2) is 24.3 Å². The summed E-state index contributed by atoms with van der Waals surface area (Å²) in [6, 6.07) is 9.87. The summed E-state index contributed by atoms with van der Waals surface area (Å²) >= 11 is 0. The zero-order valence-electron chi connectivity index (χ0n) is 14.9. The van der Waals surface area contributed by atoms with E-state index in [1.165, 1.54) is 43.7 Å². The summed E-state index contributed by atoms with van der Waals surface area (Å²) in [7, 11) is 2.22. The topological polar surface area (TPSA) is 9.72 Å². The smallest absolute Gasteiger partial charge is 0.0367 e. The highest BCUT2D eigenvalue weighted by Crippen LogP contribution is 2.18. The van der Waals surface area contributed by atoms with Gasteiger partial charge in [-0.25, -0.2) is 0 Å². The fourth-order valence-electron chi connectivity index (χ4n) is 3.13. The molecule has 0 bridgehead atoms. The van der Waals surface area contributed by atoms with Gasteiger partial charge in [0.25, 0.3) is 0 Å². The Labute approximate surface area is 136 Å². The van der Waals surface area contributed by atoms with E-state index in [9.17, 15) is 0 Å². The van der Waals surface area contributed by atoms with Gasteiger partial charge in [-0.3, -0.25) is 4.90 Å². The second kappa shape index (κ2) is 8.54. The van der Waals surface area contributed by atoms with Crippen molar-refractivity contribution in [1.82, 2.24) is 9.80 Å². The number of rotatable bonds is 7. The van der Waals surface area contributed by atoms with Gasteiger partial charge >= 0.3 is 0 Å². The molecule has 0 atom stereocenters. The highest BCUT2D eigenvalue weighted by molar-refractivity contribution is 5.48. The molecule has 1 aromatic rings. The predicted molar refractivity (Wildman–Crippen MR) is 96.6 cm³/mol. The predicted octanol–water partition coefficient (Wildman–Crippen LogP) is 3.45. The zero-order chi connectivity index (χ0) is 15.9. The standard InChI is InChI=1S/C19H33N3/c1-5-6-11-20(4)16-18-7-9-19(10-8-18)22-14-12-21(13-15-22)17(2)3/h7-10,17H,5-6,11-16H2,1-4H3. The van der Waals surface area contributed by atoms with Crippen LogP contribution in [0.3, 0.4) is 0 Å². The second-order valence-corrected chi connectivity index (χ2v) is 6.87. The number of hydrogen-bond donors (Lipinski definition) is 0. The van der Waals surface area contributed by atoms with E-state index in [2.05, 4.69) is 66.8 Å². The molecule has 0 amide bonds. The molecule has 2 rings (SSSR count). The summed E-state index contributed by atoms with van der Waals surface area (Å²) < 4.78 is 0. The first-order valence-electron chi connectivity index (χ1n) is 8.86. The lowest BCUT2D eigenvalue weighted by Gasteiger charge is -2.38. The van der Waals surface area contributed by atoms with Crippen molar-refractivity contribution in [3.8, 4) is 0 Å². The SMILES string of the molecule is CCCCN(C)Cc1ccc(N2CCN(C(C)C)CC2)cc1. The summed E-state index contributed by atoms with van der Waals surface area (Å²) in [6.07, 6.45) is 2.56. The van der Waals surface area contributed by atoms with E-state index in [0.717, 1.165) is 19.6 Å². The molecule has 1 heterocycles. The Morgan fingerprint density at radius 3 is 2.23 bits per heavy atom. The monoisotopic (exact) mass is 303 g/mol. The summed E-state index contributed by atoms with van der Waals surface area (Å²) in [5.41, 5.74) is 2.80. The van der Waals surface area contributed by atoms with Gasteiger partial charge in [0.1, 0.15) is 0 Å². The lowest BCUT2D eigenvalue weighted by molar-refractivity contribution is 0.209. The van der Waals surface area contributed by atoms with E-state index in [4.69, 9.17) is 0 Å². The van der Waals surface area contributed by atoms with Gasteiger partial charge < -0.3 is 9.80 Å². The molecule has 0 aliphatic carbocycles. The van der Waals surface area contributed by atoms with E-state index >= 15 is 0 Å². The fourth-order valence-corrected chi connectivity index (χ4v) is 3.13. The normalized spacial score (nSPS) is 16.7. The van der Waals surface area contributed by atoms with Crippen LogP contribution in [-0.4, -0.2) is 55.6 Å². The van der Waals surface area contributed by atoms with E-state index in [-0.39, 0.29) is 0 Å². The van der Waals surface area contributed by atoms with Gasteiger partial charge in [-0.05, 0) is 51.6 Å². The van der Waals surface area contributed by atoms with Crippen molar-refractivity contribution in [2.24, 2.45) is 0 Å². The molecule has 3 nitrogen and oxygen atoms in total. The molecule has 0 saturated carbocycles. The lowest BCUT2D eigenvalue weighted by atomic mass is 10.1. The molecular weight excluding hydrogens is 270 g/mol. The van der Waals surface area contributed by atoms with Crippen molar-refractivity contribution in [3.05, 3.63) is 29.8 Å². The van der Waals surface area contributed by atoms with E-state index in [1.807, 2.05) is 0 Å². The van der Waals surface area contributed by atoms with E-state index in [1.54, 1.807) is 0 Å². The highest BCUT2D eigenvalue weighted by Gasteiger charge is 2.18. The zero-order valence-corrected chi connectivity index (χ0v) is 14.9. The number of nitrogens with zero attached hydrogens (tertiary/aromatic N) is 3. The van der Waals surface area contributed by atoms with E-state index < -0.39 is 0 Å². The van der Waals surface area contributed by atoms with Gasteiger partial charge in [0.2, 0.25) is 0 Å². The third-order valence-electron chi connectivity index (χ3n) is 4.69. The molecule has 0 N–H and O–H groups in total. The molecule has 1 saturated heterocycles.